The number of hydrogen-bond donors (Lipinski definition) is 0. The van der Waals surface area contributed by atoms with Crippen LogP contribution in [0.3, 0.4) is 0 Å². The van der Waals surface area contributed by atoms with Crippen LogP contribution >= 0.6 is 11.6 Å². The highest BCUT2D eigenvalue weighted by atomic mass is 35.5. The molecule has 1 amide bonds. The minimum atomic E-state index is -3.17. The Labute approximate surface area is 228 Å². The molecule has 1 aliphatic carbocycles. The number of piperidine rings is 1. The molecule has 0 N–H and O–H groups in total. The van der Waals surface area contributed by atoms with Gasteiger partial charge in [-0.05, 0) is 86.7 Å². The second-order valence-electron chi connectivity index (χ2n) is 10.6. The molecule has 0 atom stereocenters. The molecule has 5 rings (SSSR count). The molecule has 6 radical (unpaired) electrons. The first-order chi connectivity index (χ1) is 17.4. The van der Waals surface area contributed by atoms with E-state index in [1.807, 2.05) is 30.3 Å². The van der Waals surface area contributed by atoms with Crippen LogP contribution in [0.5, 0.6) is 5.75 Å². The predicted molar refractivity (Wildman–Crippen MR) is 149 cm³/mol. The monoisotopic (exact) mass is 532 g/mol. The summed E-state index contributed by atoms with van der Waals surface area (Å²) in [5.41, 5.74) is 1.52. The summed E-state index contributed by atoms with van der Waals surface area (Å²) in [6, 6.07) is 12.7. The molecule has 1 spiro atoms. The molecule has 2 aliphatic heterocycles. The van der Waals surface area contributed by atoms with E-state index in [9.17, 15) is 13.2 Å². The lowest BCUT2D eigenvalue weighted by Gasteiger charge is -2.41. The number of amides is 1. The molecule has 1 saturated carbocycles. The van der Waals surface area contributed by atoms with Gasteiger partial charge in [-0.2, -0.15) is 0 Å². The zero-order chi connectivity index (χ0) is 26.6. The van der Waals surface area contributed by atoms with Gasteiger partial charge in [0.15, 0.2) is 9.84 Å². The number of fused-ring (bicyclic) bond motifs is 2. The summed E-state index contributed by atoms with van der Waals surface area (Å²) in [6.07, 6.45) is 4.77. The molecule has 2 aromatic carbocycles. The Bertz CT molecular complexity index is 1300. The van der Waals surface area contributed by atoms with Crippen LogP contribution in [-0.4, -0.2) is 80.5 Å². The van der Waals surface area contributed by atoms with Crippen molar-refractivity contribution in [3.8, 4) is 5.75 Å². The summed E-state index contributed by atoms with van der Waals surface area (Å²) in [5.74, 6) is 0.516. The maximum Gasteiger partial charge on any atom is 0.236 e. The number of benzene rings is 2. The number of nitrogens with zero attached hydrogens (tertiary/aromatic N) is 2. The lowest BCUT2D eigenvalue weighted by Crippen LogP contribution is -2.57. The number of carbonyl (C=O) groups is 1. The molecule has 1 saturated heterocycles. The Morgan fingerprint density at radius 1 is 1.03 bits per heavy atom. The van der Waals surface area contributed by atoms with E-state index in [0.717, 1.165) is 17.5 Å². The number of anilines is 1. The molecular weight excluding hydrogens is 504 g/mol. The third-order valence-corrected chi connectivity index (χ3v) is 10.7. The number of halogens is 1. The van der Waals surface area contributed by atoms with Crippen molar-refractivity contribution in [3.05, 3.63) is 58.6 Å². The molecule has 0 unspecified atom stereocenters. The predicted octanol–water partition coefficient (Wildman–Crippen LogP) is 2.64. The van der Waals surface area contributed by atoms with E-state index in [1.165, 1.54) is 11.2 Å². The van der Waals surface area contributed by atoms with Gasteiger partial charge in [-0.15, -0.1) is 0 Å². The Morgan fingerprint density at radius 3 is 2.22 bits per heavy atom. The molecule has 188 valence electrons. The Hall–Kier alpha value is -1.90. The highest BCUT2D eigenvalue weighted by Gasteiger charge is 2.54. The largest absolute Gasteiger partial charge is 0.492 e. The van der Waals surface area contributed by atoms with Gasteiger partial charge in [0.1, 0.15) is 12.4 Å². The lowest BCUT2D eigenvalue weighted by molar-refractivity contribution is -0.125. The van der Waals surface area contributed by atoms with Crippen LogP contribution < -0.4 is 9.64 Å². The van der Waals surface area contributed by atoms with Gasteiger partial charge in [-0.3, -0.25) is 9.69 Å². The summed E-state index contributed by atoms with van der Waals surface area (Å²) in [5, 5.41) is -1.26. The summed E-state index contributed by atoms with van der Waals surface area (Å²) in [7, 11) is 14.7. The van der Waals surface area contributed by atoms with E-state index < -0.39 is 25.2 Å². The van der Waals surface area contributed by atoms with E-state index in [2.05, 4.69) is 4.90 Å². The smallest absolute Gasteiger partial charge is 0.236 e. The van der Waals surface area contributed by atoms with Gasteiger partial charge in [0.05, 0.1) is 33.7 Å². The fraction of sp³-hybridized carbons (Fsp3) is 0.500. The maximum atomic E-state index is 13.6. The van der Waals surface area contributed by atoms with Crippen molar-refractivity contribution < 1.29 is 17.9 Å². The lowest BCUT2D eigenvalue weighted by atomic mass is 9.48. The van der Waals surface area contributed by atoms with E-state index in [-0.39, 0.29) is 5.91 Å². The van der Waals surface area contributed by atoms with Crippen LogP contribution in [0, 0.1) is 0 Å². The van der Waals surface area contributed by atoms with Crippen molar-refractivity contribution >= 4 is 56.6 Å². The van der Waals surface area contributed by atoms with Gasteiger partial charge < -0.3 is 9.64 Å². The van der Waals surface area contributed by atoms with Crippen molar-refractivity contribution in [1.82, 2.24) is 4.90 Å². The highest BCUT2D eigenvalue weighted by Crippen LogP contribution is 2.50. The van der Waals surface area contributed by atoms with Crippen molar-refractivity contribution in [3.63, 3.8) is 0 Å². The number of likely N-dealkylation sites (tertiary alicyclic amines) is 1. The number of rotatable bonds is 7. The second-order valence-corrected chi connectivity index (χ2v) is 13.4. The Kier molecular flexibility index (Phi) is 6.77. The molecule has 2 aromatic rings. The van der Waals surface area contributed by atoms with Crippen LogP contribution in [0.25, 0.3) is 0 Å². The van der Waals surface area contributed by atoms with Gasteiger partial charge >= 0.3 is 0 Å². The van der Waals surface area contributed by atoms with Crippen molar-refractivity contribution in [2.75, 3.05) is 37.4 Å². The minimum absolute atomic E-state index is 0.188. The van der Waals surface area contributed by atoms with E-state index in [0.29, 0.717) is 68.4 Å². The van der Waals surface area contributed by atoms with E-state index >= 15 is 0 Å². The number of ether oxygens (including phenoxy) is 1. The molecule has 2 heterocycles. The number of carbonyl (C=O) groups excluding carboxylic acids is 1. The first kappa shape index (κ1) is 26.7. The average Bonchev–Trinajstić information content (AvgIpc) is 3.02. The van der Waals surface area contributed by atoms with Crippen LogP contribution in [0.2, 0.25) is 5.02 Å². The molecular formula is C26H28B3ClN2O4S. The van der Waals surface area contributed by atoms with Crippen LogP contribution in [-0.2, 0) is 24.8 Å². The third-order valence-electron chi connectivity index (χ3n) is 8.35. The second kappa shape index (κ2) is 9.39. The Balaban J connectivity index is 1.20. The summed E-state index contributed by atoms with van der Waals surface area (Å²) in [6.45, 7) is 2.55. The molecule has 2 fully saturated rings. The fourth-order valence-corrected chi connectivity index (χ4v) is 7.84. The molecule has 0 aromatic heterocycles. The quantitative estimate of drug-likeness (QED) is 0.514. The zero-order valence-electron chi connectivity index (χ0n) is 21.0. The zero-order valence-corrected chi connectivity index (χ0v) is 22.5. The first-order valence-corrected chi connectivity index (χ1v) is 14.8. The van der Waals surface area contributed by atoms with Crippen molar-refractivity contribution in [2.24, 2.45) is 0 Å². The summed E-state index contributed by atoms with van der Waals surface area (Å²) >= 11 is 6.28. The highest BCUT2D eigenvalue weighted by molar-refractivity contribution is 7.91. The summed E-state index contributed by atoms with van der Waals surface area (Å²) in [4.78, 5) is 17.1. The third kappa shape index (κ3) is 4.53. The molecule has 0 bridgehead atoms. The van der Waals surface area contributed by atoms with Gasteiger partial charge in [-0.1, -0.05) is 29.0 Å². The molecule has 6 nitrogen and oxygen atoms in total. The number of hydrogen-bond acceptors (Lipinski definition) is 5. The fourth-order valence-electron chi connectivity index (χ4n) is 6.07. The van der Waals surface area contributed by atoms with Gasteiger partial charge in [0.25, 0.3) is 0 Å². The van der Waals surface area contributed by atoms with Gasteiger partial charge in [-0.25, -0.2) is 8.42 Å². The molecule has 11 heteroatoms. The number of sulfone groups is 1. The van der Waals surface area contributed by atoms with Crippen LogP contribution in [0.4, 0.5) is 5.69 Å². The van der Waals surface area contributed by atoms with E-state index in [4.69, 9.17) is 39.9 Å². The normalized spacial score (nSPS) is 21.0. The van der Waals surface area contributed by atoms with E-state index in [1.54, 1.807) is 12.1 Å². The van der Waals surface area contributed by atoms with Crippen molar-refractivity contribution in [1.29, 1.82) is 0 Å². The van der Waals surface area contributed by atoms with Crippen LogP contribution in [0.1, 0.15) is 43.2 Å². The summed E-state index contributed by atoms with van der Waals surface area (Å²) < 4.78 is 29.9. The van der Waals surface area contributed by atoms with Gasteiger partial charge in [0, 0.05) is 23.5 Å². The maximum absolute atomic E-state index is 13.6. The average molecular weight is 532 g/mol. The SMILES string of the molecule is [B]C([B])([B])N1C(=O)C2(CCN(CCOc3ccc(C4(S(C)(=O)=O)CCC4)cc3)CC2)c2cc(Cl)ccc21. The first-order valence-electron chi connectivity index (χ1n) is 12.5. The molecule has 37 heavy (non-hydrogen) atoms. The Morgan fingerprint density at radius 2 is 1.68 bits per heavy atom. The van der Waals surface area contributed by atoms with Crippen LogP contribution in [0.15, 0.2) is 42.5 Å². The topological polar surface area (TPSA) is 66.9 Å². The minimum Gasteiger partial charge on any atom is -0.492 e. The van der Waals surface area contributed by atoms with Gasteiger partial charge in [0.2, 0.25) is 5.91 Å². The standard InChI is InChI=1S/C26H28B3ClN2O4S/c1-37(34,35)25(9-2-10-25)18-3-6-20(7-4-18)36-16-15-31-13-11-24(12-14-31)21-17-19(30)5-8-22(21)32(23(24)33)26(27,28)29/h3-8,17H,2,9-16H2,1H3. The molecule has 3 aliphatic rings. The van der Waals surface area contributed by atoms with Crippen molar-refractivity contribution in [2.45, 2.75) is 47.5 Å².